The van der Waals surface area contributed by atoms with Gasteiger partial charge in [-0.15, -0.1) is 0 Å². The van der Waals surface area contributed by atoms with Gasteiger partial charge in [-0.1, -0.05) is 66.7 Å². The molecule has 5 heteroatoms. The van der Waals surface area contributed by atoms with E-state index in [-0.39, 0.29) is 11.9 Å². The minimum atomic E-state index is 0.112. The molecule has 1 aromatic heterocycles. The highest BCUT2D eigenvalue weighted by molar-refractivity contribution is 6.01. The molecule has 2 fully saturated rings. The topological polar surface area (TPSA) is 49.3 Å². The van der Waals surface area contributed by atoms with Crippen LogP contribution in [0.3, 0.4) is 0 Å². The number of benzene rings is 3. The molecule has 158 valence electrons. The second-order valence-electron chi connectivity index (χ2n) is 8.76. The smallest absolute Gasteiger partial charge is 0.254 e. The van der Waals surface area contributed by atoms with Crippen molar-refractivity contribution in [2.75, 3.05) is 24.5 Å². The standard InChI is InChI=1S/C27H24N4O/c32-26(24-12-6-5-11-23(24)20-8-2-1-3-9-20)30-16-19-14-22(18-30)31(17-19)27-28-15-21-10-4-7-13-25(21)29-27/h1-13,15,19,22H,14,16-18H2. The first-order valence-corrected chi connectivity index (χ1v) is 11.2. The number of piperidine rings is 1. The molecule has 4 aromatic rings. The van der Waals surface area contributed by atoms with E-state index < -0.39 is 0 Å². The summed E-state index contributed by atoms with van der Waals surface area (Å²) in [5.41, 5.74) is 3.80. The molecule has 6 rings (SSSR count). The number of amides is 1. The fraction of sp³-hybridized carbons (Fsp3) is 0.222. The average molecular weight is 421 g/mol. The van der Waals surface area contributed by atoms with Gasteiger partial charge in [0.05, 0.1) is 5.52 Å². The zero-order chi connectivity index (χ0) is 21.5. The number of carbonyl (C=O) groups is 1. The van der Waals surface area contributed by atoms with E-state index in [2.05, 4.69) is 22.0 Å². The molecule has 2 bridgehead atoms. The largest absolute Gasteiger partial charge is 0.336 e. The third kappa shape index (κ3) is 3.30. The zero-order valence-electron chi connectivity index (χ0n) is 17.8. The van der Waals surface area contributed by atoms with Gasteiger partial charge in [0.1, 0.15) is 0 Å². The third-order valence-corrected chi connectivity index (χ3v) is 6.67. The molecule has 0 radical (unpaired) electrons. The van der Waals surface area contributed by atoms with E-state index in [1.807, 2.05) is 77.8 Å². The van der Waals surface area contributed by atoms with E-state index in [1.54, 1.807) is 0 Å². The van der Waals surface area contributed by atoms with E-state index in [4.69, 9.17) is 4.98 Å². The summed E-state index contributed by atoms with van der Waals surface area (Å²) in [4.78, 5) is 27.4. The Morgan fingerprint density at radius 2 is 1.62 bits per heavy atom. The molecule has 2 aliphatic heterocycles. The first-order chi connectivity index (χ1) is 15.8. The van der Waals surface area contributed by atoms with E-state index in [0.717, 1.165) is 53.1 Å². The van der Waals surface area contributed by atoms with Gasteiger partial charge in [-0.2, -0.15) is 0 Å². The molecule has 32 heavy (non-hydrogen) atoms. The molecule has 2 atom stereocenters. The van der Waals surface area contributed by atoms with Crippen LogP contribution in [0.15, 0.2) is 85.1 Å². The van der Waals surface area contributed by atoms with Gasteiger partial charge in [-0.05, 0) is 35.6 Å². The maximum atomic E-state index is 13.6. The second-order valence-corrected chi connectivity index (χ2v) is 8.76. The number of carbonyl (C=O) groups excluding carboxylic acids is 1. The van der Waals surface area contributed by atoms with E-state index in [1.165, 1.54) is 0 Å². The average Bonchev–Trinajstić information content (AvgIpc) is 3.17. The van der Waals surface area contributed by atoms with Crippen LogP contribution in [0.5, 0.6) is 0 Å². The first kappa shape index (κ1) is 19.0. The SMILES string of the molecule is O=C(c1ccccc1-c1ccccc1)N1CC2CC(C1)N(c1ncc3ccccc3n1)C2. The summed E-state index contributed by atoms with van der Waals surface area (Å²) in [7, 11) is 0. The van der Waals surface area contributed by atoms with Crippen molar-refractivity contribution in [3.63, 3.8) is 0 Å². The van der Waals surface area contributed by atoms with Gasteiger partial charge in [-0.25, -0.2) is 9.97 Å². The second kappa shape index (κ2) is 7.75. The number of rotatable bonds is 3. The number of para-hydroxylation sites is 1. The Kier molecular flexibility index (Phi) is 4.60. The highest BCUT2D eigenvalue weighted by Gasteiger charge is 2.41. The number of anilines is 1. The molecular formula is C27H24N4O. The maximum absolute atomic E-state index is 13.6. The fourth-order valence-electron chi connectivity index (χ4n) is 5.18. The number of nitrogens with zero attached hydrogens (tertiary/aromatic N) is 4. The van der Waals surface area contributed by atoms with E-state index in [0.29, 0.717) is 12.5 Å². The summed E-state index contributed by atoms with van der Waals surface area (Å²) >= 11 is 0. The summed E-state index contributed by atoms with van der Waals surface area (Å²) in [6.07, 6.45) is 2.99. The van der Waals surface area contributed by atoms with Crippen LogP contribution < -0.4 is 4.90 Å². The van der Waals surface area contributed by atoms with Gasteiger partial charge >= 0.3 is 0 Å². The van der Waals surface area contributed by atoms with Crippen molar-refractivity contribution >= 4 is 22.8 Å². The Morgan fingerprint density at radius 3 is 2.53 bits per heavy atom. The zero-order valence-corrected chi connectivity index (χ0v) is 17.8. The van der Waals surface area contributed by atoms with Gasteiger partial charge in [0.25, 0.3) is 5.91 Å². The van der Waals surface area contributed by atoms with Crippen molar-refractivity contribution in [1.82, 2.24) is 14.9 Å². The van der Waals surface area contributed by atoms with Crippen LogP contribution in [-0.4, -0.2) is 46.5 Å². The lowest BCUT2D eigenvalue weighted by atomic mass is 9.96. The lowest BCUT2D eigenvalue weighted by Gasteiger charge is -2.33. The van der Waals surface area contributed by atoms with Crippen LogP contribution in [0.2, 0.25) is 0 Å². The summed E-state index contributed by atoms with van der Waals surface area (Å²) in [6.45, 7) is 2.38. The molecule has 3 heterocycles. The quantitative estimate of drug-likeness (QED) is 0.484. The van der Waals surface area contributed by atoms with Crippen LogP contribution in [0.25, 0.3) is 22.0 Å². The molecule has 0 saturated carbocycles. The Balaban J connectivity index is 1.27. The molecule has 5 nitrogen and oxygen atoms in total. The maximum Gasteiger partial charge on any atom is 0.254 e. The van der Waals surface area contributed by atoms with Crippen LogP contribution in [0, 0.1) is 5.92 Å². The molecule has 2 unspecified atom stereocenters. The van der Waals surface area contributed by atoms with Gasteiger partial charge in [0.15, 0.2) is 0 Å². The Hall–Kier alpha value is -3.73. The number of fused-ring (bicyclic) bond motifs is 3. The molecule has 0 aliphatic carbocycles. The van der Waals surface area contributed by atoms with Crippen molar-refractivity contribution < 1.29 is 4.79 Å². The predicted molar refractivity (Wildman–Crippen MR) is 127 cm³/mol. The van der Waals surface area contributed by atoms with Crippen molar-refractivity contribution in [3.05, 3.63) is 90.6 Å². The molecule has 2 saturated heterocycles. The Morgan fingerprint density at radius 1 is 0.844 bits per heavy atom. The highest BCUT2D eigenvalue weighted by Crippen LogP contribution is 2.34. The lowest BCUT2D eigenvalue weighted by molar-refractivity contribution is 0.0695. The summed E-state index contributed by atoms with van der Waals surface area (Å²) in [5, 5.41) is 1.05. The molecule has 0 N–H and O–H groups in total. The molecule has 1 amide bonds. The van der Waals surface area contributed by atoms with Crippen LogP contribution >= 0.6 is 0 Å². The predicted octanol–water partition coefficient (Wildman–Crippen LogP) is 4.65. The van der Waals surface area contributed by atoms with E-state index in [9.17, 15) is 4.79 Å². The summed E-state index contributed by atoms with van der Waals surface area (Å²) in [6, 6.07) is 26.4. The van der Waals surface area contributed by atoms with Crippen molar-refractivity contribution in [2.45, 2.75) is 12.5 Å². The number of hydrogen-bond donors (Lipinski definition) is 0. The number of likely N-dealkylation sites (tertiary alicyclic amines) is 1. The molecule has 2 aliphatic rings. The van der Waals surface area contributed by atoms with Crippen molar-refractivity contribution in [1.29, 1.82) is 0 Å². The number of hydrogen-bond acceptors (Lipinski definition) is 4. The molecule has 3 aromatic carbocycles. The van der Waals surface area contributed by atoms with Crippen LogP contribution in [0.1, 0.15) is 16.8 Å². The third-order valence-electron chi connectivity index (χ3n) is 6.67. The van der Waals surface area contributed by atoms with Crippen molar-refractivity contribution in [2.24, 2.45) is 5.92 Å². The summed E-state index contributed by atoms with van der Waals surface area (Å²) < 4.78 is 0. The fourth-order valence-corrected chi connectivity index (χ4v) is 5.18. The Bertz CT molecular complexity index is 1290. The summed E-state index contributed by atoms with van der Waals surface area (Å²) in [5.74, 6) is 1.33. The van der Waals surface area contributed by atoms with Crippen LogP contribution in [-0.2, 0) is 0 Å². The van der Waals surface area contributed by atoms with E-state index >= 15 is 0 Å². The number of aromatic nitrogens is 2. The van der Waals surface area contributed by atoms with Crippen LogP contribution in [0.4, 0.5) is 5.95 Å². The monoisotopic (exact) mass is 420 g/mol. The van der Waals surface area contributed by atoms with Gasteiger partial charge in [0, 0.05) is 42.8 Å². The van der Waals surface area contributed by atoms with Gasteiger partial charge in [0.2, 0.25) is 5.95 Å². The normalized spacial score (nSPS) is 20.0. The van der Waals surface area contributed by atoms with Gasteiger partial charge < -0.3 is 9.80 Å². The van der Waals surface area contributed by atoms with Crippen molar-refractivity contribution in [3.8, 4) is 11.1 Å². The molecule has 0 spiro atoms. The van der Waals surface area contributed by atoms with Gasteiger partial charge in [-0.3, -0.25) is 4.79 Å². The highest BCUT2D eigenvalue weighted by atomic mass is 16.2. The lowest BCUT2D eigenvalue weighted by Crippen LogP contribution is -2.45. The first-order valence-electron chi connectivity index (χ1n) is 11.2. The molecular weight excluding hydrogens is 396 g/mol. The minimum absolute atomic E-state index is 0.112. The minimum Gasteiger partial charge on any atom is -0.336 e. The Labute approximate surface area is 187 Å².